The van der Waals surface area contributed by atoms with Crippen molar-refractivity contribution >= 4 is 0 Å². The van der Waals surface area contributed by atoms with Gasteiger partial charge in [0.15, 0.2) is 0 Å². The number of benzene rings is 2. The van der Waals surface area contributed by atoms with E-state index in [2.05, 4.69) is 31.2 Å². The van der Waals surface area contributed by atoms with Crippen molar-refractivity contribution in [2.45, 2.75) is 26.4 Å². The number of hydrogen-bond acceptors (Lipinski definition) is 2. The first kappa shape index (κ1) is 13.6. The third kappa shape index (κ3) is 4.11. The van der Waals surface area contributed by atoms with Crippen molar-refractivity contribution in [1.29, 1.82) is 0 Å². The van der Waals surface area contributed by atoms with Crippen LogP contribution in [0.15, 0.2) is 48.5 Å². The summed E-state index contributed by atoms with van der Waals surface area (Å²) in [7, 11) is 0. The van der Waals surface area contributed by atoms with E-state index in [0.717, 1.165) is 24.2 Å². The maximum atomic E-state index is 8.96. The molecule has 0 unspecified atom stereocenters. The van der Waals surface area contributed by atoms with Crippen LogP contribution in [-0.2, 0) is 19.4 Å². The van der Waals surface area contributed by atoms with E-state index >= 15 is 0 Å². The molecule has 2 nitrogen and oxygen atoms in total. The van der Waals surface area contributed by atoms with E-state index in [1.54, 1.807) is 0 Å². The quantitative estimate of drug-likeness (QED) is 0.858. The lowest BCUT2D eigenvalue weighted by atomic mass is 10.1. The minimum Gasteiger partial charge on any atom is -0.493 e. The highest BCUT2D eigenvalue weighted by atomic mass is 16.5. The van der Waals surface area contributed by atoms with Crippen LogP contribution in [0.25, 0.3) is 0 Å². The predicted octanol–water partition coefficient (Wildman–Crippen LogP) is 3.36. The van der Waals surface area contributed by atoms with Crippen LogP contribution in [0, 0.1) is 0 Å². The lowest BCUT2D eigenvalue weighted by Gasteiger charge is -2.07. The molecule has 0 aromatic heterocycles. The Morgan fingerprint density at radius 3 is 2.00 bits per heavy atom. The number of hydrogen-bond donors (Lipinski definition) is 1. The molecule has 2 aromatic carbocycles. The van der Waals surface area contributed by atoms with Crippen molar-refractivity contribution < 1.29 is 9.84 Å². The highest BCUT2D eigenvalue weighted by molar-refractivity contribution is 5.27. The molecule has 0 fully saturated rings. The summed E-state index contributed by atoms with van der Waals surface area (Å²) in [4.78, 5) is 0. The maximum Gasteiger partial charge on any atom is 0.119 e. The summed E-state index contributed by atoms with van der Waals surface area (Å²) in [6.45, 7) is 2.90. The Kier molecular flexibility index (Phi) is 4.99. The molecule has 0 atom stereocenters. The van der Waals surface area contributed by atoms with Gasteiger partial charge in [0.05, 0.1) is 13.2 Å². The summed E-state index contributed by atoms with van der Waals surface area (Å²) in [6, 6.07) is 16.2. The van der Waals surface area contributed by atoms with Crippen LogP contribution >= 0.6 is 0 Å². The molecular formula is C17H20O2. The molecular weight excluding hydrogens is 236 g/mol. The Bertz CT molecular complexity index is 438. The van der Waals surface area contributed by atoms with Crippen molar-refractivity contribution in [2.24, 2.45) is 0 Å². The Morgan fingerprint density at radius 2 is 1.42 bits per heavy atom. The van der Waals surface area contributed by atoms with Gasteiger partial charge in [0.1, 0.15) is 5.75 Å². The van der Waals surface area contributed by atoms with E-state index < -0.39 is 0 Å². The summed E-state index contributed by atoms with van der Waals surface area (Å²) in [5.41, 5.74) is 3.57. The van der Waals surface area contributed by atoms with Gasteiger partial charge in [0, 0.05) is 6.42 Å². The molecule has 1 N–H and O–H groups in total. The molecule has 0 saturated heterocycles. The van der Waals surface area contributed by atoms with Crippen LogP contribution < -0.4 is 4.74 Å². The van der Waals surface area contributed by atoms with Crippen LogP contribution in [0.5, 0.6) is 5.75 Å². The molecule has 0 amide bonds. The van der Waals surface area contributed by atoms with Crippen molar-refractivity contribution in [2.75, 3.05) is 6.61 Å². The number of aliphatic hydroxyl groups excluding tert-OH is 1. The van der Waals surface area contributed by atoms with Gasteiger partial charge in [0.2, 0.25) is 0 Å². The highest BCUT2D eigenvalue weighted by Crippen LogP contribution is 2.13. The average Bonchev–Trinajstić information content (AvgIpc) is 2.49. The minimum atomic E-state index is 0.0735. The fourth-order valence-corrected chi connectivity index (χ4v) is 1.92. The Labute approximate surface area is 114 Å². The lowest BCUT2D eigenvalue weighted by molar-refractivity contribution is 0.281. The van der Waals surface area contributed by atoms with Gasteiger partial charge in [-0.3, -0.25) is 0 Å². The van der Waals surface area contributed by atoms with Gasteiger partial charge in [-0.1, -0.05) is 43.3 Å². The fourth-order valence-electron chi connectivity index (χ4n) is 1.92. The molecule has 2 heteroatoms. The standard InChI is InChI=1S/C17H20O2/c1-2-14-3-5-15(6-4-14)11-12-19-17-9-7-16(13-18)8-10-17/h3-10,18H,2,11-13H2,1H3. The second-order valence-electron chi connectivity index (χ2n) is 4.57. The Balaban J connectivity index is 1.81. The van der Waals surface area contributed by atoms with Crippen LogP contribution in [0.2, 0.25) is 0 Å². The van der Waals surface area contributed by atoms with E-state index in [0.29, 0.717) is 6.61 Å². The molecule has 2 rings (SSSR count). The van der Waals surface area contributed by atoms with Crippen LogP contribution in [0.1, 0.15) is 23.6 Å². The van der Waals surface area contributed by atoms with E-state index in [9.17, 15) is 0 Å². The predicted molar refractivity (Wildman–Crippen MR) is 77.4 cm³/mol. The second-order valence-corrected chi connectivity index (χ2v) is 4.57. The Morgan fingerprint density at radius 1 is 0.842 bits per heavy atom. The number of ether oxygens (including phenoxy) is 1. The highest BCUT2D eigenvalue weighted by Gasteiger charge is 1.97. The average molecular weight is 256 g/mol. The normalized spacial score (nSPS) is 10.4. The molecule has 0 aliphatic carbocycles. The summed E-state index contributed by atoms with van der Waals surface area (Å²) >= 11 is 0. The van der Waals surface area contributed by atoms with Crippen LogP contribution in [-0.4, -0.2) is 11.7 Å². The zero-order valence-electron chi connectivity index (χ0n) is 11.3. The topological polar surface area (TPSA) is 29.5 Å². The molecule has 2 aromatic rings. The van der Waals surface area contributed by atoms with Gasteiger partial charge in [0.25, 0.3) is 0 Å². The zero-order valence-corrected chi connectivity index (χ0v) is 11.3. The number of aliphatic hydroxyl groups is 1. The summed E-state index contributed by atoms with van der Waals surface area (Å²) in [5.74, 6) is 0.849. The molecule has 0 spiro atoms. The number of rotatable bonds is 6. The van der Waals surface area contributed by atoms with Gasteiger partial charge in [-0.25, -0.2) is 0 Å². The van der Waals surface area contributed by atoms with Crippen LogP contribution in [0.3, 0.4) is 0 Å². The van der Waals surface area contributed by atoms with Gasteiger partial charge in [-0.15, -0.1) is 0 Å². The Hall–Kier alpha value is -1.80. The zero-order chi connectivity index (χ0) is 13.5. The van der Waals surface area contributed by atoms with E-state index in [-0.39, 0.29) is 6.61 Å². The van der Waals surface area contributed by atoms with Gasteiger partial charge in [-0.2, -0.15) is 0 Å². The first-order valence-electron chi connectivity index (χ1n) is 6.72. The van der Waals surface area contributed by atoms with Crippen molar-refractivity contribution in [3.8, 4) is 5.75 Å². The lowest BCUT2D eigenvalue weighted by Crippen LogP contribution is -2.01. The van der Waals surface area contributed by atoms with E-state index in [1.165, 1.54) is 11.1 Å². The van der Waals surface area contributed by atoms with Crippen molar-refractivity contribution in [3.63, 3.8) is 0 Å². The molecule has 0 aliphatic heterocycles. The molecule has 0 aliphatic rings. The van der Waals surface area contributed by atoms with E-state index in [4.69, 9.17) is 9.84 Å². The van der Waals surface area contributed by atoms with Gasteiger partial charge >= 0.3 is 0 Å². The summed E-state index contributed by atoms with van der Waals surface area (Å²) in [6.07, 6.45) is 1.99. The molecule has 0 heterocycles. The second kappa shape index (κ2) is 6.95. The largest absolute Gasteiger partial charge is 0.493 e. The first-order chi connectivity index (χ1) is 9.31. The first-order valence-corrected chi connectivity index (χ1v) is 6.72. The SMILES string of the molecule is CCc1ccc(CCOc2ccc(CO)cc2)cc1. The van der Waals surface area contributed by atoms with Crippen LogP contribution in [0.4, 0.5) is 0 Å². The van der Waals surface area contributed by atoms with E-state index in [1.807, 2.05) is 24.3 Å². The minimum absolute atomic E-state index is 0.0735. The summed E-state index contributed by atoms with van der Waals surface area (Å²) < 4.78 is 5.68. The molecule has 100 valence electrons. The van der Waals surface area contributed by atoms with Gasteiger partial charge < -0.3 is 9.84 Å². The molecule has 0 saturated carbocycles. The maximum absolute atomic E-state index is 8.96. The third-order valence-corrected chi connectivity index (χ3v) is 3.20. The molecule has 0 bridgehead atoms. The van der Waals surface area contributed by atoms with Gasteiger partial charge in [-0.05, 0) is 35.2 Å². The summed E-state index contributed by atoms with van der Waals surface area (Å²) in [5, 5.41) is 8.96. The monoisotopic (exact) mass is 256 g/mol. The molecule has 19 heavy (non-hydrogen) atoms. The third-order valence-electron chi connectivity index (χ3n) is 3.20. The molecule has 0 radical (unpaired) electrons. The fraction of sp³-hybridized carbons (Fsp3) is 0.294. The smallest absolute Gasteiger partial charge is 0.119 e. The number of aryl methyl sites for hydroxylation is 1. The van der Waals surface area contributed by atoms with Crippen molar-refractivity contribution in [1.82, 2.24) is 0 Å². The van der Waals surface area contributed by atoms with Crippen molar-refractivity contribution in [3.05, 3.63) is 65.2 Å².